The second-order valence-electron chi connectivity index (χ2n) is 25.9. The van der Waals surface area contributed by atoms with Crippen LogP contribution < -0.4 is 53.6 Å². The summed E-state index contributed by atoms with van der Waals surface area (Å²) in [5.41, 5.74) is 7.82. The van der Waals surface area contributed by atoms with E-state index in [9.17, 15) is 57.4 Å². The number of carbonyl (C=O) groups is 12. The van der Waals surface area contributed by atoms with Gasteiger partial charge in [0.1, 0.15) is 71.3 Å². The number of halogens is 2. The molecule has 11 amide bonds. The molecule has 3 aliphatic rings. The lowest BCUT2D eigenvalue weighted by Crippen LogP contribution is -2.63. The summed E-state index contributed by atoms with van der Waals surface area (Å²) >= 11 is 0. The van der Waals surface area contributed by atoms with Gasteiger partial charge in [-0.25, -0.2) is 18.4 Å². The van der Waals surface area contributed by atoms with Gasteiger partial charge in [-0.1, -0.05) is 29.5 Å². The molecule has 7 heterocycles. The number of H-pyrrole nitrogens is 3. The largest absolute Gasteiger partial charge is 0.508 e. The first-order chi connectivity index (χ1) is 49.7. The number of phenolic OH excluding ortho intramolecular Hbond substituents is 1. The summed E-state index contributed by atoms with van der Waals surface area (Å²) in [4.78, 5) is 184. The third-order valence-corrected chi connectivity index (χ3v) is 18.2. The minimum absolute atomic E-state index is 0.0186. The molecule has 4 bridgehead atoms. The Morgan fingerprint density at radius 3 is 1.88 bits per heavy atom. The Labute approximate surface area is 591 Å². The highest BCUT2D eigenvalue weighted by molar-refractivity contribution is 6.01. The van der Waals surface area contributed by atoms with E-state index in [4.69, 9.17) is 5.73 Å². The van der Waals surface area contributed by atoms with Crippen molar-refractivity contribution >= 4 is 92.8 Å². The highest BCUT2D eigenvalue weighted by Crippen LogP contribution is 2.32. The number of phenols is 1. The number of nitrogens with two attached hydrogens (primary N) is 1. The molecule has 0 radical (unpaired) electrons. The molecule has 34 heteroatoms. The van der Waals surface area contributed by atoms with Gasteiger partial charge in [-0.3, -0.25) is 57.5 Å². The van der Waals surface area contributed by atoms with Gasteiger partial charge in [0, 0.05) is 91.7 Å². The SMILES string of the molecule is CC(=O)N[C@H]1CCCc2cn(nn2)-c2ccc(cc2)C[C@@H](C(N)=O)NC(=O)[C@]2(C)CCCN2C(=O)[C@H](Cc2ccc(O)cc2)NC(=O)[C@H](Cc2cnc[nH]2)NC(=O)[C@H](CC(=O)O)NC(=O)[C@H](Cc2c[nH]c3ccc(F)cc23)NC(=O)[C@H](Cc2c[nH]c3ccc(F)cc23)NC(=O)CNC(=O)[C@H](C)NC1=O. The second kappa shape index (κ2) is 32.9. The molecule has 0 spiro atoms. The predicted octanol–water partition coefficient (Wildman–Crippen LogP) is 0.162. The Hall–Kier alpha value is -12.4. The summed E-state index contributed by atoms with van der Waals surface area (Å²) in [7, 11) is 0. The molecule has 16 N–H and O–H groups in total. The number of rotatable bonds is 12. The monoisotopic (exact) mass is 1430 g/mol. The number of nitrogens with zero attached hydrogens (tertiary/aromatic N) is 5. The van der Waals surface area contributed by atoms with Crippen molar-refractivity contribution in [1.29, 1.82) is 0 Å². The standard InChI is InChI=1S/C70H78F2N18O14/c1-36-62(97)77-33-59(93)81-54(24-40-30-75-50-18-12-42(71)26-48(40)50)64(99)82-55(25-41-31-76-51-19-13-43(72)27-49(41)51)65(100)84-57(29-60(94)95)67(102)83-56(28-45-32-74-35-78-45)66(101)85-58(23-39-10-16-47(92)17-11-39)68(103)89-21-5-20-70(89,3)69(104)86-53(61(73)96)22-38-8-14-46(15-9-38)90-34-44(87-88-90)6-4-7-52(63(98)79-36)80-37(2)91/h8-19,26-27,30-32,34-36,52-58,75-76,92H,4-7,20-25,28-29,33H2,1-3H3,(H2,73,96)(H,74,78)(H,77,97)(H,79,98)(H,80,91)(H,81,93)(H,82,99)(H,83,102)(H,84,100)(H,85,101)(H,86,104)(H,94,95)/t36-,52-,53-,54-,55-,56-,57-,58-,70-/m0/s1. The number of amides is 11. The number of aromatic nitrogens is 7. The first-order valence-electron chi connectivity index (χ1n) is 33.4. The van der Waals surface area contributed by atoms with E-state index >= 15 is 19.2 Å². The van der Waals surface area contributed by atoms with E-state index in [2.05, 4.69) is 78.1 Å². The Balaban J connectivity index is 0.990. The normalized spacial score (nSPS) is 22.8. The second-order valence-corrected chi connectivity index (χ2v) is 25.9. The Bertz CT molecular complexity index is 4540. The zero-order valence-corrected chi connectivity index (χ0v) is 56.6. The molecule has 104 heavy (non-hydrogen) atoms. The number of carbonyl (C=O) groups excluding carboxylic acids is 11. The molecule has 1 saturated heterocycles. The zero-order chi connectivity index (χ0) is 74.5. The number of hydrogen-bond donors (Lipinski definition) is 15. The van der Waals surface area contributed by atoms with Crippen molar-refractivity contribution in [2.24, 2.45) is 5.73 Å². The van der Waals surface area contributed by atoms with Crippen LogP contribution in [0.25, 0.3) is 27.5 Å². The van der Waals surface area contributed by atoms with E-state index < -0.39 is 169 Å². The number of imidazole rings is 1. The Morgan fingerprint density at radius 1 is 0.683 bits per heavy atom. The topological polar surface area (TPSA) is 474 Å². The molecule has 4 aromatic heterocycles. The molecule has 3 aliphatic heterocycles. The highest BCUT2D eigenvalue weighted by atomic mass is 19.1. The highest BCUT2D eigenvalue weighted by Gasteiger charge is 2.49. The summed E-state index contributed by atoms with van der Waals surface area (Å²) in [6.07, 6.45) is 5.24. The number of primary amides is 1. The van der Waals surface area contributed by atoms with Crippen molar-refractivity contribution < 1.29 is 76.5 Å². The van der Waals surface area contributed by atoms with Crippen LogP contribution in [0.4, 0.5) is 8.78 Å². The van der Waals surface area contributed by atoms with Crippen molar-refractivity contribution in [3.05, 3.63) is 161 Å². The van der Waals surface area contributed by atoms with Crippen LogP contribution in [0.15, 0.2) is 116 Å². The Kier molecular flexibility index (Phi) is 23.5. The van der Waals surface area contributed by atoms with Crippen LogP contribution in [-0.2, 0) is 96.1 Å². The number of carboxylic acids is 1. The maximum atomic E-state index is 15.3. The summed E-state index contributed by atoms with van der Waals surface area (Å²) < 4.78 is 31.3. The van der Waals surface area contributed by atoms with E-state index in [-0.39, 0.29) is 84.8 Å². The fourth-order valence-corrected chi connectivity index (χ4v) is 12.6. The third-order valence-electron chi connectivity index (χ3n) is 18.2. The van der Waals surface area contributed by atoms with Gasteiger partial charge in [-0.05, 0) is 129 Å². The lowest BCUT2D eigenvalue weighted by Gasteiger charge is -2.37. The zero-order valence-electron chi connectivity index (χ0n) is 56.6. The maximum Gasteiger partial charge on any atom is 0.305 e. The quantitative estimate of drug-likeness (QED) is 0.0725. The lowest BCUT2D eigenvalue weighted by atomic mass is 9.94. The van der Waals surface area contributed by atoms with Gasteiger partial charge in [-0.15, -0.1) is 5.10 Å². The van der Waals surface area contributed by atoms with E-state index in [0.29, 0.717) is 33.5 Å². The van der Waals surface area contributed by atoms with Crippen molar-refractivity contribution in [1.82, 2.24) is 87.7 Å². The first-order valence-corrected chi connectivity index (χ1v) is 33.4. The number of fused-ring (bicyclic) bond motifs is 32. The number of carboxylic acid groups (broad SMARTS) is 1. The van der Waals surface area contributed by atoms with Gasteiger partial charge in [0.15, 0.2) is 0 Å². The molecule has 4 aromatic carbocycles. The van der Waals surface area contributed by atoms with Crippen LogP contribution >= 0.6 is 0 Å². The number of benzene rings is 4. The van der Waals surface area contributed by atoms with Crippen LogP contribution in [0.2, 0.25) is 0 Å². The molecular weight excluding hydrogens is 1350 g/mol. The fraction of sp³-hybridized carbons (Fsp3) is 0.357. The molecule has 32 nitrogen and oxygen atoms in total. The van der Waals surface area contributed by atoms with Crippen molar-refractivity contribution in [2.45, 2.75) is 145 Å². The van der Waals surface area contributed by atoms with Crippen molar-refractivity contribution in [2.75, 3.05) is 13.1 Å². The molecule has 9 atom stereocenters. The van der Waals surface area contributed by atoms with Gasteiger partial charge < -0.3 is 83.6 Å². The molecule has 0 aliphatic carbocycles. The van der Waals surface area contributed by atoms with Crippen molar-refractivity contribution in [3.8, 4) is 11.4 Å². The number of aromatic hydroxyl groups is 1. The van der Waals surface area contributed by atoms with Crippen LogP contribution in [0, 0.1) is 11.6 Å². The molecule has 0 saturated carbocycles. The molecular formula is C70H78F2N18O14. The van der Waals surface area contributed by atoms with Crippen LogP contribution in [0.5, 0.6) is 5.75 Å². The van der Waals surface area contributed by atoms with Crippen LogP contribution in [-0.4, -0.2) is 188 Å². The summed E-state index contributed by atoms with van der Waals surface area (Å²) in [6, 6.07) is 7.27. The Morgan fingerprint density at radius 2 is 1.28 bits per heavy atom. The molecule has 546 valence electrons. The summed E-state index contributed by atoms with van der Waals surface area (Å²) in [5, 5.41) is 52.6. The van der Waals surface area contributed by atoms with Crippen LogP contribution in [0.3, 0.4) is 0 Å². The minimum atomic E-state index is -2.07. The molecule has 1 fully saturated rings. The third kappa shape index (κ3) is 18.8. The smallest absolute Gasteiger partial charge is 0.305 e. The van der Waals surface area contributed by atoms with Crippen LogP contribution in [0.1, 0.15) is 86.5 Å². The van der Waals surface area contributed by atoms with E-state index in [1.54, 1.807) is 30.5 Å². The molecule has 11 rings (SSSR count). The molecule has 8 aromatic rings. The summed E-state index contributed by atoms with van der Waals surface area (Å²) in [5.74, 6) is -13.4. The van der Waals surface area contributed by atoms with E-state index in [1.807, 2.05) is 0 Å². The number of aromatic amines is 3. The summed E-state index contributed by atoms with van der Waals surface area (Å²) in [6.45, 7) is 3.18. The van der Waals surface area contributed by atoms with E-state index in [0.717, 1.165) is 12.1 Å². The molecule has 0 unspecified atom stereocenters. The lowest BCUT2D eigenvalue weighted by molar-refractivity contribution is -0.147. The minimum Gasteiger partial charge on any atom is -0.508 e. The number of hydrogen-bond acceptors (Lipinski definition) is 16. The predicted molar refractivity (Wildman–Crippen MR) is 367 cm³/mol. The van der Waals surface area contributed by atoms with Gasteiger partial charge in [0.25, 0.3) is 0 Å². The van der Waals surface area contributed by atoms with Gasteiger partial charge in [0.2, 0.25) is 65.0 Å². The first kappa shape index (κ1) is 74.3. The van der Waals surface area contributed by atoms with E-state index in [1.165, 1.54) is 104 Å². The average molecular weight is 1430 g/mol. The maximum absolute atomic E-state index is 15.3. The van der Waals surface area contributed by atoms with Gasteiger partial charge in [0.05, 0.1) is 36.9 Å². The fourth-order valence-electron chi connectivity index (χ4n) is 12.6. The number of nitrogens with one attached hydrogen (secondary N) is 12. The average Bonchev–Trinajstić information content (AvgIpc) is 1.59. The van der Waals surface area contributed by atoms with Gasteiger partial charge in [-0.2, -0.15) is 0 Å². The number of aliphatic carboxylic acids is 1. The van der Waals surface area contributed by atoms with Gasteiger partial charge >= 0.3 is 5.97 Å². The van der Waals surface area contributed by atoms with Crippen molar-refractivity contribution in [3.63, 3.8) is 0 Å². The number of aryl methyl sites for hydroxylation is 1.